The average molecular weight is 359 g/mol. The number of halogens is 1. The van der Waals surface area contributed by atoms with E-state index in [1.807, 2.05) is 0 Å². The van der Waals surface area contributed by atoms with Crippen molar-refractivity contribution in [3.8, 4) is 0 Å². The zero-order valence-electron chi connectivity index (χ0n) is 12.0. The Kier molecular flexibility index (Phi) is 5.81. The third-order valence-corrected chi connectivity index (χ3v) is 3.87. The van der Waals surface area contributed by atoms with Crippen molar-refractivity contribution in [1.82, 2.24) is 9.80 Å². The lowest BCUT2D eigenvalue weighted by atomic mass is 10.3. The van der Waals surface area contributed by atoms with Gasteiger partial charge < -0.3 is 19.0 Å². The van der Waals surface area contributed by atoms with Crippen molar-refractivity contribution in [3.63, 3.8) is 0 Å². The Morgan fingerprint density at radius 3 is 2.62 bits per heavy atom. The van der Waals surface area contributed by atoms with E-state index in [1.165, 1.54) is 0 Å². The van der Waals surface area contributed by atoms with Gasteiger partial charge in [0.1, 0.15) is 0 Å². The second-order valence-electron chi connectivity index (χ2n) is 4.87. The summed E-state index contributed by atoms with van der Waals surface area (Å²) in [5.74, 6) is 0.264. The van der Waals surface area contributed by atoms with Gasteiger partial charge in [0.2, 0.25) is 5.91 Å². The minimum atomic E-state index is -0.133. The number of rotatable bonds is 4. The van der Waals surface area contributed by atoms with E-state index in [0.29, 0.717) is 49.6 Å². The molecule has 0 saturated carbocycles. The van der Waals surface area contributed by atoms with Gasteiger partial charge in [-0.05, 0) is 34.5 Å². The van der Waals surface area contributed by atoms with Crippen molar-refractivity contribution in [1.29, 1.82) is 0 Å². The van der Waals surface area contributed by atoms with Crippen LogP contribution in [-0.4, -0.2) is 61.5 Å². The molecule has 0 aliphatic carbocycles. The van der Waals surface area contributed by atoms with E-state index in [4.69, 9.17) is 9.15 Å². The van der Waals surface area contributed by atoms with Crippen molar-refractivity contribution in [3.05, 3.63) is 22.6 Å². The molecule has 1 aromatic rings. The highest BCUT2D eigenvalue weighted by atomic mass is 79.9. The van der Waals surface area contributed by atoms with E-state index in [2.05, 4.69) is 15.9 Å². The summed E-state index contributed by atoms with van der Waals surface area (Å²) in [5, 5.41) is 0. The van der Waals surface area contributed by atoms with Crippen molar-refractivity contribution in [2.45, 2.75) is 12.8 Å². The number of nitrogens with zero attached hydrogens (tertiary/aromatic N) is 2. The molecule has 7 heteroatoms. The summed E-state index contributed by atoms with van der Waals surface area (Å²) in [6, 6.07) is 3.35. The smallest absolute Gasteiger partial charge is 0.289 e. The highest BCUT2D eigenvalue weighted by Gasteiger charge is 2.24. The Morgan fingerprint density at radius 2 is 1.95 bits per heavy atom. The van der Waals surface area contributed by atoms with Gasteiger partial charge in [-0.15, -0.1) is 0 Å². The Balaban J connectivity index is 1.91. The molecule has 6 nitrogen and oxygen atoms in total. The lowest BCUT2D eigenvalue weighted by Crippen LogP contribution is -2.37. The Morgan fingerprint density at radius 1 is 1.24 bits per heavy atom. The maximum atomic E-state index is 12.3. The fraction of sp³-hybridized carbons (Fsp3) is 0.571. The van der Waals surface area contributed by atoms with Gasteiger partial charge in [0.15, 0.2) is 10.4 Å². The highest BCUT2D eigenvalue weighted by molar-refractivity contribution is 9.10. The van der Waals surface area contributed by atoms with Crippen LogP contribution in [0.4, 0.5) is 0 Å². The summed E-state index contributed by atoms with van der Waals surface area (Å²) < 4.78 is 10.8. The first-order valence-corrected chi connectivity index (χ1v) is 7.72. The summed E-state index contributed by atoms with van der Waals surface area (Å²) in [6.07, 6.45) is 1.15. The van der Waals surface area contributed by atoms with Gasteiger partial charge in [-0.25, -0.2) is 0 Å². The first-order chi connectivity index (χ1) is 10.1. The summed E-state index contributed by atoms with van der Waals surface area (Å²) in [4.78, 5) is 27.8. The van der Waals surface area contributed by atoms with E-state index in [-0.39, 0.29) is 11.8 Å². The molecule has 0 aromatic carbocycles. The summed E-state index contributed by atoms with van der Waals surface area (Å²) in [7, 11) is 1.58. The van der Waals surface area contributed by atoms with Gasteiger partial charge in [-0.1, -0.05) is 0 Å². The van der Waals surface area contributed by atoms with Gasteiger partial charge in [-0.3, -0.25) is 9.59 Å². The minimum absolute atomic E-state index is 0.0758. The van der Waals surface area contributed by atoms with Crippen molar-refractivity contribution in [2.24, 2.45) is 0 Å². The van der Waals surface area contributed by atoms with Gasteiger partial charge in [-0.2, -0.15) is 0 Å². The number of methoxy groups -OCH3 is 1. The average Bonchev–Trinajstić information content (AvgIpc) is 2.76. The third kappa shape index (κ3) is 4.31. The van der Waals surface area contributed by atoms with Crippen LogP contribution in [-0.2, 0) is 9.53 Å². The molecular weight excluding hydrogens is 340 g/mol. The quantitative estimate of drug-likeness (QED) is 0.822. The van der Waals surface area contributed by atoms with Crippen LogP contribution < -0.4 is 0 Å². The zero-order chi connectivity index (χ0) is 15.2. The zero-order valence-corrected chi connectivity index (χ0v) is 13.6. The normalized spacial score (nSPS) is 15.9. The molecule has 1 fully saturated rings. The SMILES string of the molecule is COCCC(=O)N1CCCN(C(=O)c2ccc(Br)o2)CC1. The predicted octanol–water partition coefficient (Wildman–Crippen LogP) is 1.75. The topological polar surface area (TPSA) is 63.0 Å². The number of carbonyl (C=O) groups is 2. The molecule has 2 heterocycles. The molecule has 2 amide bonds. The Labute approximate surface area is 132 Å². The number of hydrogen-bond acceptors (Lipinski definition) is 4. The molecule has 0 unspecified atom stereocenters. The van der Waals surface area contributed by atoms with E-state index in [1.54, 1.807) is 29.0 Å². The summed E-state index contributed by atoms with van der Waals surface area (Å²) in [6.45, 7) is 2.81. The van der Waals surface area contributed by atoms with Crippen molar-refractivity contribution >= 4 is 27.7 Å². The molecule has 21 heavy (non-hydrogen) atoms. The van der Waals surface area contributed by atoms with Crippen LogP contribution in [0.1, 0.15) is 23.4 Å². The Hall–Kier alpha value is -1.34. The first-order valence-electron chi connectivity index (χ1n) is 6.93. The van der Waals surface area contributed by atoms with Crippen LogP contribution in [0.2, 0.25) is 0 Å². The standard InChI is InChI=1S/C14H19BrN2O4/c1-20-10-5-13(18)16-6-2-7-17(9-8-16)14(19)11-3-4-12(15)21-11/h3-4H,2,5-10H2,1H3. The molecule has 0 radical (unpaired) electrons. The molecule has 0 bridgehead atoms. The van der Waals surface area contributed by atoms with Crippen molar-refractivity contribution < 1.29 is 18.7 Å². The van der Waals surface area contributed by atoms with Gasteiger partial charge >= 0.3 is 0 Å². The van der Waals surface area contributed by atoms with Crippen LogP contribution in [0.5, 0.6) is 0 Å². The first kappa shape index (κ1) is 16.0. The molecule has 116 valence electrons. The van der Waals surface area contributed by atoms with Gasteiger partial charge in [0.25, 0.3) is 5.91 Å². The second-order valence-corrected chi connectivity index (χ2v) is 5.65. The lowest BCUT2D eigenvalue weighted by Gasteiger charge is -2.21. The largest absolute Gasteiger partial charge is 0.444 e. The highest BCUT2D eigenvalue weighted by Crippen LogP contribution is 2.17. The van der Waals surface area contributed by atoms with Crippen LogP contribution in [0.25, 0.3) is 0 Å². The van der Waals surface area contributed by atoms with E-state index in [9.17, 15) is 9.59 Å². The van der Waals surface area contributed by atoms with Crippen LogP contribution >= 0.6 is 15.9 Å². The number of amides is 2. The molecule has 1 aliphatic heterocycles. The number of hydrogen-bond donors (Lipinski definition) is 0. The fourth-order valence-corrected chi connectivity index (χ4v) is 2.61. The molecule has 0 spiro atoms. The molecule has 1 saturated heterocycles. The molecule has 2 rings (SSSR count). The lowest BCUT2D eigenvalue weighted by molar-refractivity contribution is -0.132. The molecule has 1 aromatic heterocycles. The minimum Gasteiger partial charge on any atom is -0.444 e. The van der Waals surface area contributed by atoms with Crippen LogP contribution in [0.3, 0.4) is 0 Å². The van der Waals surface area contributed by atoms with E-state index < -0.39 is 0 Å². The second kappa shape index (κ2) is 7.61. The summed E-state index contributed by atoms with van der Waals surface area (Å²) in [5.41, 5.74) is 0. The van der Waals surface area contributed by atoms with Crippen LogP contribution in [0.15, 0.2) is 21.2 Å². The Bertz CT molecular complexity index is 503. The number of ether oxygens (including phenoxy) is 1. The number of furan rings is 1. The number of carbonyl (C=O) groups excluding carboxylic acids is 2. The van der Waals surface area contributed by atoms with Gasteiger partial charge in [0.05, 0.1) is 13.0 Å². The van der Waals surface area contributed by atoms with E-state index in [0.717, 1.165) is 6.42 Å². The summed E-state index contributed by atoms with van der Waals surface area (Å²) >= 11 is 3.19. The third-order valence-electron chi connectivity index (χ3n) is 3.44. The predicted molar refractivity (Wildman–Crippen MR) is 80.0 cm³/mol. The molecule has 0 atom stereocenters. The molecule has 1 aliphatic rings. The molecular formula is C14H19BrN2O4. The maximum absolute atomic E-state index is 12.3. The molecule has 0 N–H and O–H groups in total. The maximum Gasteiger partial charge on any atom is 0.289 e. The monoisotopic (exact) mass is 358 g/mol. The van der Waals surface area contributed by atoms with Crippen molar-refractivity contribution in [2.75, 3.05) is 39.9 Å². The van der Waals surface area contributed by atoms with E-state index >= 15 is 0 Å². The fourth-order valence-electron chi connectivity index (χ4n) is 2.30. The van der Waals surface area contributed by atoms with Crippen LogP contribution in [0, 0.1) is 0 Å². The van der Waals surface area contributed by atoms with Gasteiger partial charge in [0, 0.05) is 33.3 Å².